The number of fused-ring (bicyclic) bond motifs is 3. The molecule has 4 unspecified atom stereocenters. The molecular formula is C32H22BrF6NO6. The highest BCUT2D eigenvalue weighted by molar-refractivity contribution is 9.12. The molecule has 1 heterocycles. The molecule has 0 aromatic heterocycles. The first-order chi connectivity index (χ1) is 21.5. The fourth-order valence-electron chi connectivity index (χ4n) is 6.93. The van der Waals surface area contributed by atoms with Crippen LogP contribution in [0.1, 0.15) is 42.4 Å². The van der Waals surface area contributed by atoms with E-state index in [0.717, 1.165) is 6.08 Å². The number of alkyl halides is 6. The lowest BCUT2D eigenvalue weighted by Crippen LogP contribution is -2.39. The Balaban J connectivity index is 1.49. The Morgan fingerprint density at radius 1 is 0.957 bits per heavy atom. The van der Waals surface area contributed by atoms with Gasteiger partial charge >= 0.3 is 12.4 Å². The van der Waals surface area contributed by atoms with Crippen LogP contribution in [0, 0.1) is 17.8 Å². The van der Waals surface area contributed by atoms with Crippen molar-refractivity contribution in [2.75, 3.05) is 11.5 Å². The minimum Gasteiger partial charge on any atom is -0.504 e. The summed E-state index contributed by atoms with van der Waals surface area (Å²) in [5.41, 5.74) is -3.58. The van der Waals surface area contributed by atoms with Gasteiger partial charge in [-0.3, -0.25) is 19.2 Å². The molecular weight excluding hydrogens is 688 g/mol. The van der Waals surface area contributed by atoms with Crippen LogP contribution < -0.4 is 9.64 Å². The summed E-state index contributed by atoms with van der Waals surface area (Å²) >= 11 is 3.09. The zero-order valence-electron chi connectivity index (χ0n) is 23.6. The standard InChI is InChI=1S/C32H22BrF6NO6/c1-2-46-23-5-3-4-17(28(23)43)24-16-6-7-18-25(19(16)11-20-26(24)22(41)12-21(33)27(20)42)30(45)40(29(18)44)15-9-13(31(34,35)36)8-14(10-15)32(37,38)39/h3-6,8-10,12,18-19,24-25,43H,2,7,11H2,1H3. The first kappa shape index (κ1) is 31.8. The number of para-hydroxylation sites is 1. The van der Waals surface area contributed by atoms with E-state index in [-0.39, 0.29) is 58.2 Å². The fraction of sp³-hybridized carbons (Fsp3) is 0.312. The predicted molar refractivity (Wildman–Crippen MR) is 153 cm³/mol. The molecule has 6 rings (SSSR count). The number of rotatable bonds is 4. The number of benzene rings is 2. The van der Waals surface area contributed by atoms with Gasteiger partial charge in [0.15, 0.2) is 23.1 Å². The van der Waals surface area contributed by atoms with Crippen molar-refractivity contribution in [2.24, 2.45) is 17.8 Å². The number of carbonyl (C=O) groups excluding carboxylic acids is 4. The van der Waals surface area contributed by atoms with E-state index < -0.39 is 76.2 Å². The minimum atomic E-state index is -5.21. The molecule has 2 aromatic carbocycles. The molecule has 46 heavy (non-hydrogen) atoms. The number of imide groups is 1. The van der Waals surface area contributed by atoms with Crippen molar-refractivity contribution in [3.05, 3.63) is 86.4 Å². The Bertz CT molecular complexity index is 1790. The van der Waals surface area contributed by atoms with Gasteiger partial charge in [0, 0.05) is 28.7 Å². The van der Waals surface area contributed by atoms with E-state index in [0.29, 0.717) is 22.6 Å². The highest BCUT2D eigenvalue weighted by atomic mass is 79.9. The van der Waals surface area contributed by atoms with E-state index in [9.17, 15) is 50.6 Å². The normalized spacial score (nSPS) is 24.8. The largest absolute Gasteiger partial charge is 0.504 e. The Labute approximate surface area is 265 Å². The molecule has 14 heteroatoms. The lowest BCUT2D eigenvalue weighted by molar-refractivity contribution is -0.143. The highest BCUT2D eigenvalue weighted by Gasteiger charge is 2.57. The number of ether oxygens (including phenoxy) is 1. The Kier molecular flexibility index (Phi) is 7.57. The van der Waals surface area contributed by atoms with Crippen LogP contribution in [0.5, 0.6) is 11.5 Å². The van der Waals surface area contributed by atoms with Gasteiger partial charge in [-0.25, -0.2) is 4.90 Å². The maximum absolute atomic E-state index is 14.0. The van der Waals surface area contributed by atoms with Crippen LogP contribution in [0.3, 0.4) is 0 Å². The van der Waals surface area contributed by atoms with E-state index in [2.05, 4.69) is 15.9 Å². The summed E-state index contributed by atoms with van der Waals surface area (Å²) in [4.78, 5) is 54.8. The van der Waals surface area contributed by atoms with Gasteiger partial charge in [0.2, 0.25) is 11.8 Å². The number of hydrogen-bond donors (Lipinski definition) is 1. The summed E-state index contributed by atoms with van der Waals surface area (Å²) in [5.74, 6) is -7.81. The summed E-state index contributed by atoms with van der Waals surface area (Å²) in [5, 5.41) is 11.2. The van der Waals surface area contributed by atoms with Crippen LogP contribution in [-0.4, -0.2) is 35.1 Å². The topological polar surface area (TPSA) is 101 Å². The second-order valence-corrected chi connectivity index (χ2v) is 12.2. The van der Waals surface area contributed by atoms with Crippen LogP contribution in [-0.2, 0) is 31.5 Å². The van der Waals surface area contributed by atoms with Gasteiger partial charge in [-0.15, -0.1) is 0 Å². The van der Waals surface area contributed by atoms with Crippen LogP contribution in [0.25, 0.3) is 0 Å². The quantitative estimate of drug-likeness (QED) is 0.162. The molecule has 2 aromatic rings. The van der Waals surface area contributed by atoms with Crippen molar-refractivity contribution >= 4 is 45.0 Å². The number of allylic oxidation sites excluding steroid dienone is 6. The van der Waals surface area contributed by atoms with Crippen molar-refractivity contribution in [1.29, 1.82) is 0 Å². The molecule has 1 N–H and O–H groups in total. The number of hydrogen-bond acceptors (Lipinski definition) is 6. The van der Waals surface area contributed by atoms with E-state index in [1.54, 1.807) is 19.1 Å². The number of phenols is 1. The van der Waals surface area contributed by atoms with Gasteiger partial charge in [-0.1, -0.05) is 23.8 Å². The summed E-state index contributed by atoms with van der Waals surface area (Å²) < 4.78 is 87.3. The van der Waals surface area contributed by atoms with Gasteiger partial charge in [-0.2, -0.15) is 26.3 Å². The Morgan fingerprint density at radius 3 is 2.22 bits per heavy atom. The SMILES string of the molecule is CCOc1cccc(C2C3=CCC4C(=O)N(c5cc(C(F)(F)F)cc(C(F)(F)F)c5)C(=O)C4C3CC3=C2C(=O)C=C(Br)C3=O)c1O. The van der Waals surface area contributed by atoms with Crippen molar-refractivity contribution in [3.63, 3.8) is 0 Å². The van der Waals surface area contributed by atoms with Crippen molar-refractivity contribution in [2.45, 2.75) is 38.0 Å². The van der Waals surface area contributed by atoms with Crippen molar-refractivity contribution < 1.29 is 55.4 Å². The second-order valence-electron chi connectivity index (χ2n) is 11.3. The number of carbonyl (C=O) groups is 4. The molecule has 0 radical (unpaired) electrons. The second kappa shape index (κ2) is 11.0. The number of amides is 2. The average Bonchev–Trinajstić information content (AvgIpc) is 3.24. The van der Waals surface area contributed by atoms with Gasteiger partial charge in [0.05, 0.1) is 39.7 Å². The monoisotopic (exact) mass is 709 g/mol. The van der Waals surface area contributed by atoms with Crippen molar-refractivity contribution in [1.82, 2.24) is 0 Å². The lowest BCUT2D eigenvalue weighted by atomic mass is 9.59. The zero-order chi connectivity index (χ0) is 33.5. The maximum Gasteiger partial charge on any atom is 0.416 e. The average molecular weight is 710 g/mol. The molecule has 3 aliphatic carbocycles. The van der Waals surface area contributed by atoms with Crippen LogP contribution in [0.15, 0.2) is 69.8 Å². The van der Waals surface area contributed by atoms with Gasteiger partial charge in [0.1, 0.15) is 0 Å². The summed E-state index contributed by atoms with van der Waals surface area (Å²) in [6.07, 6.45) is -8.07. The third-order valence-electron chi connectivity index (χ3n) is 8.80. The maximum atomic E-state index is 14.0. The van der Waals surface area contributed by atoms with Gasteiger partial charge in [-0.05, 0) is 65.9 Å². The first-order valence-electron chi connectivity index (χ1n) is 14.1. The molecule has 1 fully saturated rings. The lowest BCUT2D eigenvalue weighted by Gasteiger charge is -2.42. The summed E-state index contributed by atoms with van der Waals surface area (Å²) in [6.45, 7) is 1.88. The molecule has 240 valence electrons. The number of anilines is 1. The minimum absolute atomic E-state index is 0.0190. The van der Waals surface area contributed by atoms with Crippen LogP contribution in [0.2, 0.25) is 0 Å². The predicted octanol–water partition coefficient (Wildman–Crippen LogP) is 6.80. The smallest absolute Gasteiger partial charge is 0.416 e. The molecule has 4 atom stereocenters. The Hall–Kier alpha value is -4.20. The first-order valence-corrected chi connectivity index (χ1v) is 14.8. The van der Waals surface area contributed by atoms with E-state index in [1.165, 1.54) is 12.1 Å². The molecule has 4 aliphatic rings. The molecule has 0 bridgehead atoms. The van der Waals surface area contributed by atoms with Crippen molar-refractivity contribution in [3.8, 4) is 11.5 Å². The third-order valence-corrected chi connectivity index (χ3v) is 9.39. The number of aromatic hydroxyl groups is 1. The van der Waals surface area contributed by atoms with E-state index >= 15 is 0 Å². The summed E-state index contributed by atoms with van der Waals surface area (Å²) in [7, 11) is 0. The molecule has 0 spiro atoms. The van der Waals surface area contributed by atoms with Crippen LogP contribution >= 0.6 is 15.9 Å². The van der Waals surface area contributed by atoms with Crippen LogP contribution in [0.4, 0.5) is 32.0 Å². The molecule has 2 amide bonds. The third kappa shape index (κ3) is 4.97. The van der Waals surface area contributed by atoms with E-state index in [1.807, 2.05) is 0 Å². The highest BCUT2D eigenvalue weighted by Crippen LogP contribution is 2.57. The zero-order valence-corrected chi connectivity index (χ0v) is 25.2. The molecule has 1 saturated heterocycles. The molecule has 1 aliphatic heterocycles. The van der Waals surface area contributed by atoms with E-state index in [4.69, 9.17) is 4.74 Å². The number of Topliss-reactive ketones (excluding diaryl/α,β-unsaturated/α-hetero) is 1. The number of halogens is 7. The number of phenolic OH excluding ortho intramolecular Hbond substituents is 1. The number of nitrogens with zero attached hydrogens (tertiary/aromatic N) is 1. The molecule has 0 saturated carbocycles. The fourth-order valence-corrected chi connectivity index (χ4v) is 7.38. The summed E-state index contributed by atoms with van der Waals surface area (Å²) in [6, 6.07) is 5.13. The number of ketones is 2. The molecule has 7 nitrogen and oxygen atoms in total. The van der Waals surface area contributed by atoms with Gasteiger partial charge in [0.25, 0.3) is 0 Å². The Morgan fingerprint density at radius 2 is 1.61 bits per heavy atom. The van der Waals surface area contributed by atoms with Gasteiger partial charge < -0.3 is 9.84 Å².